The van der Waals surface area contributed by atoms with Gasteiger partial charge in [-0.15, -0.1) is 0 Å². The van der Waals surface area contributed by atoms with Crippen molar-refractivity contribution in [2.24, 2.45) is 0 Å². The van der Waals surface area contributed by atoms with E-state index in [1.165, 1.54) is 6.26 Å². The SMILES string of the molecule is O=C(Nc1ccc2nc(Cl)[nH]c2c1)c1ccco1. The van der Waals surface area contributed by atoms with Crippen LogP contribution in [0, 0.1) is 0 Å². The summed E-state index contributed by atoms with van der Waals surface area (Å²) in [6.07, 6.45) is 1.45. The Morgan fingerprint density at radius 1 is 1.39 bits per heavy atom. The van der Waals surface area contributed by atoms with Crippen molar-refractivity contribution >= 4 is 34.2 Å². The standard InChI is InChI=1S/C12H8ClN3O2/c13-12-15-8-4-3-7(6-9(8)16-12)14-11(17)10-2-1-5-18-10/h1-6H,(H,14,17)(H,15,16). The number of carbonyl (C=O) groups is 1. The van der Waals surface area contributed by atoms with E-state index >= 15 is 0 Å². The van der Waals surface area contributed by atoms with E-state index in [9.17, 15) is 4.79 Å². The molecule has 0 saturated carbocycles. The summed E-state index contributed by atoms with van der Waals surface area (Å²) in [6.45, 7) is 0. The lowest BCUT2D eigenvalue weighted by Crippen LogP contribution is -2.10. The Balaban J connectivity index is 1.88. The molecule has 3 rings (SSSR count). The first kappa shape index (κ1) is 10.9. The lowest BCUT2D eigenvalue weighted by molar-refractivity contribution is 0.0996. The van der Waals surface area contributed by atoms with Gasteiger partial charge >= 0.3 is 0 Å². The number of nitrogens with one attached hydrogen (secondary N) is 2. The minimum atomic E-state index is -0.301. The third-order valence-electron chi connectivity index (χ3n) is 2.46. The van der Waals surface area contributed by atoms with E-state index in [0.717, 1.165) is 11.0 Å². The molecule has 2 aromatic heterocycles. The van der Waals surface area contributed by atoms with Crippen molar-refractivity contribution in [2.75, 3.05) is 5.32 Å². The molecular weight excluding hydrogens is 254 g/mol. The number of amides is 1. The summed E-state index contributed by atoms with van der Waals surface area (Å²) < 4.78 is 5.01. The van der Waals surface area contributed by atoms with Gasteiger partial charge in [0.25, 0.3) is 5.91 Å². The zero-order valence-corrected chi connectivity index (χ0v) is 9.86. The van der Waals surface area contributed by atoms with E-state index in [-0.39, 0.29) is 11.7 Å². The number of furan rings is 1. The molecule has 1 amide bonds. The number of aromatic amines is 1. The van der Waals surface area contributed by atoms with Crippen molar-refractivity contribution in [2.45, 2.75) is 0 Å². The van der Waals surface area contributed by atoms with Crippen LogP contribution in [0.5, 0.6) is 0 Å². The molecule has 0 aliphatic carbocycles. The third-order valence-corrected chi connectivity index (χ3v) is 2.63. The average Bonchev–Trinajstić information content (AvgIpc) is 2.95. The van der Waals surface area contributed by atoms with Gasteiger partial charge in [-0.2, -0.15) is 0 Å². The van der Waals surface area contributed by atoms with Gasteiger partial charge in [0.1, 0.15) is 0 Å². The molecule has 0 radical (unpaired) electrons. The summed E-state index contributed by atoms with van der Waals surface area (Å²) in [5.74, 6) is -0.0392. The van der Waals surface area contributed by atoms with Crippen LogP contribution >= 0.6 is 11.6 Å². The molecule has 0 bridgehead atoms. The zero-order chi connectivity index (χ0) is 12.5. The van der Waals surface area contributed by atoms with E-state index in [1.54, 1.807) is 30.3 Å². The van der Waals surface area contributed by atoms with Gasteiger partial charge in [0, 0.05) is 5.69 Å². The number of hydrogen-bond acceptors (Lipinski definition) is 3. The predicted molar refractivity (Wildman–Crippen MR) is 67.8 cm³/mol. The Bertz CT molecular complexity index is 703. The fourth-order valence-corrected chi connectivity index (χ4v) is 1.85. The quantitative estimate of drug-likeness (QED) is 0.745. The Kier molecular flexibility index (Phi) is 2.53. The summed E-state index contributed by atoms with van der Waals surface area (Å²) in [4.78, 5) is 18.7. The average molecular weight is 262 g/mol. The second kappa shape index (κ2) is 4.19. The molecule has 0 aliphatic heterocycles. The maximum absolute atomic E-state index is 11.8. The summed E-state index contributed by atoms with van der Waals surface area (Å²) >= 11 is 5.75. The number of hydrogen-bond donors (Lipinski definition) is 2. The first-order chi connectivity index (χ1) is 8.72. The molecule has 18 heavy (non-hydrogen) atoms. The highest BCUT2D eigenvalue weighted by molar-refractivity contribution is 6.29. The van der Waals surface area contributed by atoms with Gasteiger partial charge in [-0.3, -0.25) is 4.79 Å². The molecule has 5 nitrogen and oxygen atoms in total. The molecule has 1 aromatic carbocycles. The van der Waals surface area contributed by atoms with E-state index < -0.39 is 0 Å². The summed E-state index contributed by atoms with van der Waals surface area (Å²) in [7, 11) is 0. The number of halogens is 1. The van der Waals surface area contributed by atoms with Crippen LogP contribution in [0.2, 0.25) is 5.28 Å². The van der Waals surface area contributed by atoms with Gasteiger partial charge in [0.15, 0.2) is 5.76 Å². The predicted octanol–water partition coefficient (Wildman–Crippen LogP) is 3.06. The molecule has 0 fully saturated rings. The highest BCUT2D eigenvalue weighted by atomic mass is 35.5. The summed E-state index contributed by atoms with van der Waals surface area (Å²) in [6, 6.07) is 8.54. The molecule has 2 N–H and O–H groups in total. The van der Waals surface area contributed by atoms with E-state index in [2.05, 4.69) is 15.3 Å². The van der Waals surface area contributed by atoms with Gasteiger partial charge in [-0.1, -0.05) is 0 Å². The van der Waals surface area contributed by atoms with Crippen LogP contribution in [-0.2, 0) is 0 Å². The van der Waals surface area contributed by atoms with E-state index in [1.807, 2.05) is 0 Å². The summed E-state index contributed by atoms with van der Waals surface area (Å²) in [5.41, 5.74) is 2.15. The van der Waals surface area contributed by atoms with Crippen molar-refractivity contribution in [1.29, 1.82) is 0 Å². The van der Waals surface area contributed by atoms with Gasteiger partial charge in [0.05, 0.1) is 17.3 Å². The molecule has 0 unspecified atom stereocenters. The maximum atomic E-state index is 11.8. The molecule has 3 aromatic rings. The zero-order valence-electron chi connectivity index (χ0n) is 9.11. The van der Waals surface area contributed by atoms with Crippen LogP contribution in [-0.4, -0.2) is 15.9 Å². The molecule has 0 atom stereocenters. The second-order valence-electron chi connectivity index (χ2n) is 3.69. The number of anilines is 1. The molecule has 90 valence electrons. The number of fused-ring (bicyclic) bond motifs is 1. The van der Waals surface area contributed by atoms with Crippen LogP contribution in [0.15, 0.2) is 41.0 Å². The smallest absolute Gasteiger partial charge is 0.291 e. The van der Waals surface area contributed by atoms with Gasteiger partial charge in [-0.05, 0) is 41.9 Å². The van der Waals surface area contributed by atoms with Crippen LogP contribution in [0.25, 0.3) is 11.0 Å². The van der Waals surface area contributed by atoms with Gasteiger partial charge < -0.3 is 14.7 Å². The fraction of sp³-hybridized carbons (Fsp3) is 0. The lowest BCUT2D eigenvalue weighted by atomic mass is 10.2. The number of benzene rings is 1. The maximum Gasteiger partial charge on any atom is 0.291 e. The second-order valence-corrected chi connectivity index (χ2v) is 4.05. The Labute approximate surface area is 107 Å². The van der Waals surface area contributed by atoms with Crippen molar-refractivity contribution in [3.05, 3.63) is 47.6 Å². The van der Waals surface area contributed by atoms with Crippen molar-refractivity contribution < 1.29 is 9.21 Å². The molecule has 0 aliphatic rings. The number of rotatable bonds is 2. The first-order valence-corrected chi connectivity index (χ1v) is 5.60. The van der Waals surface area contributed by atoms with Gasteiger partial charge in [-0.25, -0.2) is 4.98 Å². The fourth-order valence-electron chi connectivity index (χ4n) is 1.66. The number of aromatic nitrogens is 2. The molecule has 6 heteroatoms. The Morgan fingerprint density at radius 3 is 3.06 bits per heavy atom. The highest BCUT2D eigenvalue weighted by Gasteiger charge is 2.09. The van der Waals surface area contributed by atoms with E-state index in [0.29, 0.717) is 11.0 Å². The Hall–Kier alpha value is -2.27. The molecule has 0 spiro atoms. The number of H-pyrrole nitrogens is 1. The van der Waals surface area contributed by atoms with Crippen molar-refractivity contribution in [1.82, 2.24) is 9.97 Å². The first-order valence-electron chi connectivity index (χ1n) is 5.22. The topological polar surface area (TPSA) is 70.9 Å². The Morgan fingerprint density at radius 2 is 2.28 bits per heavy atom. The molecular formula is C12H8ClN3O2. The minimum absolute atomic E-state index is 0.262. The molecule has 0 saturated heterocycles. The highest BCUT2D eigenvalue weighted by Crippen LogP contribution is 2.19. The molecule has 2 heterocycles. The monoisotopic (exact) mass is 261 g/mol. The minimum Gasteiger partial charge on any atom is -0.459 e. The van der Waals surface area contributed by atoms with Crippen molar-refractivity contribution in [3.63, 3.8) is 0 Å². The van der Waals surface area contributed by atoms with Crippen LogP contribution in [0.3, 0.4) is 0 Å². The number of nitrogens with zero attached hydrogens (tertiary/aromatic N) is 1. The summed E-state index contributed by atoms with van der Waals surface area (Å²) in [5, 5.41) is 3.04. The van der Waals surface area contributed by atoms with E-state index in [4.69, 9.17) is 16.0 Å². The van der Waals surface area contributed by atoms with Gasteiger partial charge in [0.2, 0.25) is 5.28 Å². The van der Waals surface area contributed by atoms with Crippen LogP contribution < -0.4 is 5.32 Å². The lowest BCUT2D eigenvalue weighted by Gasteiger charge is -2.02. The van der Waals surface area contributed by atoms with Crippen LogP contribution in [0.1, 0.15) is 10.6 Å². The number of imidazole rings is 1. The number of carbonyl (C=O) groups excluding carboxylic acids is 1. The largest absolute Gasteiger partial charge is 0.459 e. The van der Waals surface area contributed by atoms with Crippen molar-refractivity contribution in [3.8, 4) is 0 Å². The third kappa shape index (κ3) is 1.96. The normalized spacial score (nSPS) is 10.7. The van der Waals surface area contributed by atoms with Crippen LogP contribution in [0.4, 0.5) is 5.69 Å².